The van der Waals surface area contributed by atoms with Crippen LogP contribution in [-0.4, -0.2) is 30.7 Å². The maximum Gasteiger partial charge on any atom is 0.323 e. The molecule has 3 aromatic rings. The Kier molecular flexibility index (Phi) is 5.50. The van der Waals surface area contributed by atoms with Gasteiger partial charge in [-0.25, -0.2) is 4.79 Å². The van der Waals surface area contributed by atoms with Crippen molar-refractivity contribution in [2.24, 2.45) is 5.73 Å². The summed E-state index contributed by atoms with van der Waals surface area (Å²) in [5.74, 6) is 0.657. The molecule has 4 N–H and O–H groups in total. The first-order valence-corrected chi connectivity index (χ1v) is 8.38. The van der Waals surface area contributed by atoms with Crippen molar-refractivity contribution in [1.82, 2.24) is 4.57 Å². The Bertz CT molecular complexity index is 973. The van der Waals surface area contributed by atoms with Gasteiger partial charge in [0.15, 0.2) is 0 Å². The fraction of sp³-hybridized carbons (Fsp3) is 0.100. The van der Waals surface area contributed by atoms with E-state index in [0.717, 1.165) is 5.69 Å². The van der Waals surface area contributed by atoms with E-state index in [1.54, 1.807) is 53.4 Å². The van der Waals surface area contributed by atoms with E-state index in [0.29, 0.717) is 28.4 Å². The molecule has 0 aliphatic rings. The monoisotopic (exact) mass is 380 g/mol. The summed E-state index contributed by atoms with van der Waals surface area (Å²) in [5, 5.41) is 5.49. The molecule has 3 rings (SSSR count). The third-order valence-corrected chi connectivity index (χ3v) is 4.01. The quantitative estimate of drug-likeness (QED) is 0.610. The number of carbonyl (C=O) groups excluding carboxylic acids is 2. The highest BCUT2D eigenvalue weighted by atomic mass is 16.5. The summed E-state index contributed by atoms with van der Waals surface area (Å²) in [6, 6.07) is 13.5. The number of benzene rings is 2. The number of urea groups is 1. The number of nitrogens with two attached hydrogens (primary N) is 1. The smallest absolute Gasteiger partial charge is 0.323 e. The highest BCUT2D eigenvalue weighted by Crippen LogP contribution is 2.26. The number of aromatic nitrogens is 1. The van der Waals surface area contributed by atoms with E-state index in [1.807, 2.05) is 12.1 Å². The summed E-state index contributed by atoms with van der Waals surface area (Å²) < 4.78 is 12.1. The van der Waals surface area contributed by atoms with Crippen LogP contribution < -0.4 is 25.8 Å². The topological polar surface area (TPSA) is 108 Å². The Hall–Kier alpha value is -3.94. The molecule has 1 aromatic heterocycles. The highest BCUT2D eigenvalue weighted by molar-refractivity contribution is 6.00. The fourth-order valence-corrected chi connectivity index (χ4v) is 2.59. The van der Waals surface area contributed by atoms with E-state index in [9.17, 15) is 9.59 Å². The van der Waals surface area contributed by atoms with E-state index in [2.05, 4.69) is 10.6 Å². The van der Waals surface area contributed by atoms with Crippen LogP contribution in [0.3, 0.4) is 0 Å². The van der Waals surface area contributed by atoms with Crippen LogP contribution in [0.15, 0.2) is 60.9 Å². The van der Waals surface area contributed by atoms with E-state index in [-0.39, 0.29) is 0 Å². The number of nitrogens with one attached hydrogen (secondary N) is 2. The lowest BCUT2D eigenvalue weighted by Gasteiger charge is -2.11. The number of amides is 3. The number of anilines is 2. The first-order valence-electron chi connectivity index (χ1n) is 8.38. The molecule has 0 fully saturated rings. The molecule has 0 saturated heterocycles. The number of primary amides is 1. The van der Waals surface area contributed by atoms with Crippen LogP contribution in [0.1, 0.15) is 10.4 Å². The number of carbonyl (C=O) groups is 2. The third-order valence-electron chi connectivity index (χ3n) is 4.01. The largest absolute Gasteiger partial charge is 0.497 e. The summed E-state index contributed by atoms with van der Waals surface area (Å²) in [7, 11) is 3.08. The summed E-state index contributed by atoms with van der Waals surface area (Å²) >= 11 is 0. The van der Waals surface area contributed by atoms with E-state index in [1.165, 1.54) is 14.2 Å². The molecule has 0 bridgehead atoms. The lowest BCUT2D eigenvalue weighted by molar-refractivity contribution is 0.100. The van der Waals surface area contributed by atoms with Crippen molar-refractivity contribution in [3.63, 3.8) is 0 Å². The molecular weight excluding hydrogens is 360 g/mol. The SMILES string of the molecule is COc1cc(NC(=O)Nc2ccc(-n3ccc(C(N)=O)c3)cc2)cc(OC)c1. The van der Waals surface area contributed by atoms with Crippen LogP contribution in [0.25, 0.3) is 5.69 Å². The average molecular weight is 380 g/mol. The Morgan fingerprint density at radius 3 is 2.04 bits per heavy atom. The maximum atomic E-state index is 12.3. The summed E-state index contributed by atoms with van der Waals surface area (Å²) in [6.45, 7) is 0. The minimum atomic E-state index is -0.483. The Morgan fingerprint density at radius 2 is 1.50 bits per heavy atom. The standard InChI is InChI=1S/C20H20N4O4/c1-27-17-9-15(10-18(11-17)28-2)23-20(26)22-14-3-5-16(6-4-14)24-8-7-13(12-24)19(21)25/h3-12H,1-2H3,(H2,21,25)(H2,22,23,26). The van der Waals surface area contributed by atoms with Crippen molar-refractivity contribution < 1.29 is 19.1 Å². The second-order valence-electron chi connectivity index (χ2n) is 5.90. The van der Waals surface area contributed by atoms with Gasteiger partial charge >= 0.3 is 6.03 Å². The number of rotatable bonds is 6. The molecule has 1 heterocycles. The van der Waals surface area contributed by atoms with Gasteiger partial charge in [0.25, 0.3) is 0 Å². The zero-order valence-electron chi connectivity index (χ0n) is 15.4. The molecule has 0 saturated carbocycles. The normalized spacial score (nSPS) is 10.2. The molecule has 0 atom stereocenters. The van der Waals surface area contributed by atoms with Crippen molar-refractivity contribution >= 4 is 23.3 Å². The predicted octanol–water partition coefficient (Wildman–Crippen LogP) is 3.24. The third kappa shape index (κ3) is 4.42. The van der Waals surface area contributed by atoms with Gasteiger partial charge in [-0.15, -0.1) is 0 Å². The Labute approximate surface area is 161 Å². The van der Waals surface area contributed by atoms with Crippen molar-refractivity contribution in [1.29, 1.82) is 0 Å². The van der Waals surface area contributed by atoms with Gasteiger partial charge in [-0.1, -0.05) is 0 Å². The van der Waals surface area contributed by atoms with Crippen LogP contribution in [0, 0.1) is 0 Å². The van der Waals surface area contributed by atoms with Gasteiger partial charge in [-0.3, -0.25) is 4.79 Å². The average Bonchev–Trinajstić information content (AvgIpc) is 3.18. The second-order valence-corrected chi connectivity index (χ2v) is 5.90. The first kappa shape index (κ1) is 18.8. The Morgan fingerprint density at radius 1 is 0.893 bits per heavy atom. The molecule has 0 aliphatic carbocycles. The van der Waals surface area contributed by atoms with E-state index < -0.39 is 11.9 Å². The predicted molar refractivity (Wildman–Crippen MR) is 106 cm³/mol. The molecule has 0 aliphatic heterocycles. The van der Waals surface area contributed by atoms with Crippen LogP contribution in [-0.2, 0) is 0 Å². The molecular formula is C20H20N4O4. The van der Waals surface area contributed by atoms with Gasteiger partial charge in [0, 0.05) is 47.7 Å². The van der Waals surface area contributed by atoms with Gasteiger partial charge in [-0.05, 0) is 30.3 Å². The second kappa shape index (κ2) is 8.17. The minimum Gasteiger partial charge on any atom is -0.497 e. The van der Waals surface area contributed by atoms with Gasteiger partial charge in [-0.2, -0.15) is 0 Å². The minimum absolute atomic E-state index is 0.403. The van der Waals surface area contributed by atoms with Gasteiger partial charge in [0.1, 0.15) is 11.5 Å². The van der Waals surface area contributed by atoms with Crippen molar-refractivity contribution in [3.05, 3.63) is 66.5 Å². The van der Waals surface area contributed by atoms with Crippen LogP contribution in [0.2, 0.25) is 0 Å². The molecule has 0 radical (unpaired) electrons. The molecule has 3 amide bonds. The van der Waals surface area contributed by atoms with Crippen LogP contribution >= 0.6 is 0 Å². The van der Waals surface area contributed by atoms with Crippen LogP contribution in [0.5, 0.6) is 11.5 Å². The zero-order valence-corrected chi connectivity index (χ0v) is 15.4. The van der Waals surface area contributed by atoms with Crippen molar-refractivity contribution in [2.45, 2.75) is 0 Å². The molecule has 0 unspecified atom stereocenters. The number of methoxy groups -OCH3 is 2. The lowest BCUT2D eigenvalue weighted by Crippen LogP contribution is -2.19. The Balaban J connectivity index is 1.66. The van der Waals surface area contributed by atoms with Gasteiger partial charge in [0.2, 0.25) is 5.91 Å². The molecule has 8 heteroatoms. The van der Waals surface area contributed by atoms with E-state index >= 15 is 0 Å². The molecule has 2 aromatic carbocycles. The number of hydrogen-bond donors (Lipinski definition) is 3. The fourth-order valence-electron chi connectivity index (χ4n) is 2.59. The van der Waals surface area contributed by atoms with Crippen LogP contribution in [0.4, 0.5) is 16.2 Å². The maximum absolute atomic E-state index is 12.3. The van der Waals surface area contributed by atoms with Gasteiger partial charge in [0.05, 0.1) is 19.8 Å². The lowest BCUT2D eigenvalue weighted by atomic mass is 10.2. The zero-order chi connectivity index (χ0) is 20.1. The first-order chi connectivity index (χ1) is 13.5. The molecule has 8 nitrogen and oxygen atoms in total. The molecule has 0 spiro atoms. The number of nitrogens with zero attached hydrogens (tertiary/aromatic N) is 1. The molecule has 144 valence electrons. The highest BCUT2D eigenvalue weighted by Gasteiger charge is 2.08. The summed E-state index contributed by atoms with van der Waals surface area (Å²) in [5.41, 5.74) is 7.67. The summed E-state index contributed by atoms with van der Waals surface area (Å²) in [4.78, 5) is 23.4. The number of ether oxygens (including phenoxy) is 2. The van der Waals surface area contributed by atoms with Gasteiger partial charge < -0.3 is 30.4 Å². The van der Waals surface area contributed by atoms with Crippen molar-refractivity contribution in [3.8, 4) is 17.2 Å². The molecule has 28 heavy (non-hydrogen) atoms. The summed E-state index contributed by atoms with van der Waals surface area (Å²) in [6.07, 6.45) is 3.39. The van der Waals surface area contributed by atoms with Crippen molar-refractivity contribution in [2.75, 3.05) is 24.9 Å². The number of hydrogen-bond acceptors (Lipinski definition) is 4. The van der Waals surface area contributed by atoms with E-state index in [4.69, 9.17) is 15.2 Å².